The summed E-state index contributed by atoms with van der Waals surface area (Å²) < 4.78 is 15.8. The Bertz CT molecular complexity index is 1300. The number of ether oxygens (including phenoxy) is 3. The molecule has 2 aromatic carbocycles. The molecule has 3 atom stereocenters. The van der Waals surface area contributed by atoms with Crippen molar-refractivity contribution < 1.29 is 33.7 Å². The fourth-order valence-corrected chi connectivity index (χ4v) is 5.12. The monoisotopic (exact) mass is 566 g/mol. The van der Waals surface area contributed by atoms with Gasteiger partial charge >= 0.3 is 12.1 Å². The Morgan fingerprint density at radius 3 is 2.49 bits per heavy atom. The van der Waals surface area contributed by atoms with Gasteiger partial charge in [0.1, 0.15) is 23.4 Å². The molecule has 41 heavy (non-hydrogen) atoms. The number of esters is 1. The highest BCUT2D eigenvalue weighted by Gasteiger charge is 2.52. The Labute approximate surface area is 242 Å². The summed E-state index contributed by atoms with van der Waals surface area (Å²) in [6, 6.07) is 7.21. The molecule has 0 unspecified atom stereocenters. The van der Waals surface area contributed by atoms with Gasteiger partial charge in [-0.3, -0.25) is 4.79 Å². The van der Waals surface area contributed by atoms with E-state index in [1.54, 1.807) is 25.3 Å². The SMILES string of the molecule is C=CCCCCOC(=O)N[C@H](C(=O)N1C[C@](O)(c2ccc3cc(OC)c(C=C)cc3c2)C[C@H]1C(=O)OC)C(C)(C)C. The molecule has 0 bridgehead atoms. The first-order valence-electron chi connectivity index (χ1n) is 13.8. The summed E-state index contributed by atoms with van der Waals surface area (Å²) in [5, 5.41) is 16.3. The number of hydrogen-bond donors (Lipinski definition) is 2. The molecule has 222 valence electrons. The van der Waals surface area contributed by atoms with Crippen molar-refractivity contribution in [2.24, 2.45) is 5.41 Å². The Morgan fingerprint density at radius 1 is 1.15 bits per heavy atom. The number of rotatable bonds is 11. The molecular weight excluding hydrogens is 524 g/mol. The van der Waals surface area contributed by atoms with E-state index in [-0.39, 0.29) is 19.6 Å². The number of carbonyl (C=O) groups excluding carboxylic acids is 3. The van der Waals surface area contributed by atoms with Crippen LogP contribution in [0.2, 0.25) is 0 Å². The third kappa shape index (κ3) is 7.27. The molecule has 1 fully saturated rings. The predicted molar refractivity (Wildman–Crippen MR) is 158 cm³/mol. The van der Waals surface area contributed by atoms with Gasteiger partial charge in [-0.2, -0.15) is 0 Å². The van der Waals surface area contributed by atoms with Crippen LogP contribution in [0.15, 0.2) is 49.6 Å². The number of methoxy groups -OCH3 is 2. The van der Waals surface area contributed by atoms with E-state index < -0.39 is 41.1 Å². The zero-order valence-electron chi connectivity index (χ0n) is 24.7. The smallest absolute Gasteiger partial charge is 0.407 e. The van der Waals surface area contributed by atoms with Crippen LogP contribution >= 0.6 is 0 Å². The van der Waals surface area contributed by atoms with E-state index >= 15 is 0 Å². The number of allylic oxidation sites excluding steroid dienone is 1. The van der Waals surface area contributed by atoms with E-state index in [0.29, 0.717) is 17.7 Å². The number of carbonyl (C=O) groups is 3. The van der Waals surface area contributed by atoms with Crippen molar-refractivity contribution in [1.29, 1.82) is 0 Å². The second-order valence-corrected chi connectivity index (χ2v) is 11.5. The lowest BCUT2D eigenvalue weighted by Crippen LogP contribution is -2.57. The Morgan fingerprint density at radius 2 is 1.88 bits per heavy atom. The van der Waals surface area contributed by atoms with Crippen LogP contribution in [0, 0.1) is 5.41 Å². The van der Waals surface area contributed by atoms with Gasteiger partial charge in [0.15, 0.2) is 0 Å². The zero-order valence-corrected chi connectivity index (χ0v) is 24.7. The van der Waals surface area contributed by atoms with E-state index in [1.807, 2.05) is 45.0 Å². The molecule has 1 aliphatic rings. The normalized spacial score (nSPS) is 19.4. The second kappa shape index (κ2) is 13.2. The van der Waals surface area contributed by atoms with Gasteiger partial charge in [0, 0.05) is 12.0 Å². The van der Waals surface area contributed by atoms with Crippen LogP contribution in [-0.2, 0) is 24.7 Å². The highest BCUT2D eigenvalue weighted by atomic mass is 16.5. The largest absolute Gasteiger partial charge is 0.496 e. The molecule has 3 rings (SSSR count). The lowest BCUT2D eigenvalue weighted by Gasteiger charge is -2.35. The quantitative estimate of drug-likeness (QED) is 0.225. The topological polar surface area (TPSA) is 114 Å². The van der Waals surface area contributed by atoms with Crippen LogP contribution in [0.3, 0.4) is 0 Å². The molecule has 9 heteroatoms. The number of aliphatic hydroxyl groups is 1. The van der Waals surface area contributed by atoms with Gasteiger partial charge in [0.2, 0.25) is 5.91 Å². The molecule has 0 aromatic heterocycles. The second-order valence-electron chi connectivity index (χ2n) is 11.5. The first-order valence-corrected chi connectivity index (χ1v) is 13.8. The lowest BCUT2D eigenvalue weighted by molar-refractivity contribution is -0.152. The third-order valence-corrected chi connectivity index (χ3v) is 7.45. The average Bonchev–Trinajstić information content (AvgIpc) is 3.32. The predicted octanol–water partition coefficient (Wildman–Crippen LogP) is 4.95. The summed E-state index contributed by atoms with van der Waals surface area (Å²) >= 11 is 0. The number of benzene rings is 2. The van der Waals surface area contributed by atoms with Crippen molar-refractivity contribution in [2.45, 2.75) is 64.1 Å². The van der Waals surface area contributed by atoms with E-state index in [1.165, 1.54) is 12.0 Å². The van der Waals surface area contributed by atoms with Gasteiger partial charge in [-0.25, -0.2) is 9.59 Å². The number of unbranched alkanes of at least 4 members (excludes halogenated alkanes) is 2. The minimum atomic E-state index is -1.54. The molecule has 1 aliphatic heterocycles. The van der Waals surface area contributed by atoms with Crippen molar-refractivity contribution in [3.8, 4) is 5.75 Å². The average molecular weight is 567 g/mol. The van der Waals surface area contributed by atoms with Gasteiger partial charge in [0.25, 0.3) is 0 Å². The fourth-order valence-electron chi connectivity index (χ4n) is 5.12. The van der Waals surface area contributed by atoms with Gasteiger partial charge in [-0.15, -0.1) is 6.58 Å². The number of β-amino-alcohol motifs (C(OH)–C–C–N with tert-alkyl or cyclic N) is 1. The summed E-state index contributed by atoms with van der Waals surface area (Å²) in [6.07, 6.45) is 5.04. The number of amides is 2. The van der Waals surface area contributed by atoms with Crippen LogP contribution < -0.4 is 10.1 Å². The molecule has 0 spiro atoms. The Balaban J connectivity index is 1.90. The molecule has 2 amide bonds. The minimum absolute atomic E-state index is 0.0635. The molecule has 2 N–H and O–H groups in total. The minimum Gasteiger partial charge on any atom is -0.496 e. The number of alkyl carbamates (subject to hydrolysis) is 1. The Hall–Kier alpha value is -3.85. The standard InChI is InChI=1S/C32H42N2O7/c1-8-10-11-12-15-41-30(37)33-27(31(3,4)5)28(35)34-20-32(38,19-25(34)29(36)40-7)24-14-13-22-18-26(39-6)21(9-2)16-23(22)17-24/h8-9,13-14,16-18,25,27,38H,1-2,10-12,15,19-20H2,3-7H3,(H,33,37)/t25-,27+,32-/m0/s1. The molecule has 2 aromatic rings. The number of hydrogen-bond acceptors (Lipinski definition) is 7. The molecule has 0 saturated carbocycles. The van der Waals surface area contributed by atoms with Crippen LogP contribution in [-0.4, -0.2) is 67.4 Å². The maximum Gasteiger partial charge on any atom is 0.407 e. The summed E-state index contributed by atoms with van der Waals surface area (Å²) in [4.78, 5) is 40.7. The van der Waals surface area contributed by atoms with Crippen molar-refractivity contribution in [1.82, 2.24) is 10.2 Å². The van der Waals surface area contributed by atoms with Gasteiger partial charge in [0.05, 0.1) is 27.4 Å². The Kier molecular flexibility index (Phi) is 10.2. The summed E-state index contributed by atoms with van der Waals surface area (Å²) in [7, 11) is 2.83. The number of nitrogens with one attached hydrogen (secondary N) is 1. The van der Waals surface area contributed by atoms with Crippen molar-refractivity contribution in [3.63, 3.8) is 0 Å². The molecule has 1 saturated heterocycles. The van der Waals surface area contributed by atoms with E-state index in [2.05, 4.69) is 18.5 Å². The lowest BCUT2D eigenvalue weighted by atomic mass is 9.85. The van der Waals surface area contributed by atoms with E-state index in [4.69, 9.17) is 14.2 Å². The van der Waals surface area contributed by atoms with E-state index in [0.717, 1.165) is 29.2 Å². The van der Waals surface area contributed by atoms with Crippen molar-refractivity contribution in [2.75, 3.05) is 27.4 Å². The van der Waals surface area contributed by atoms with Crippen molar-refractivity contribution >= 4 is 34.8 Å². The maximum absolute atomic E-state index is 14.0. The van der Waals surface area contributed by atoms with Crippen LogP contribution in [0.25, 0.3) is 16.8 Å². The highest BCUT2D eigenvalue weighted by molar-refractivity contribution is 5.92. The number of fused-ring (bicyclic) bond motifs is 1. The summed E-state index contributed by atoms with van der Waals surface area (Å²) in [5.74, 6) is -0.475. The molecule has 0 aliphatic carbocycles. The number of nitrogens with zero attached hydrogens (tertiary/aromatic N) is 1. The van der Waals surface area contributed by atoms with Gasteiger partial charge in [-0.05, 0) is 59.2 Å². The highest BCUT2D eigenvalue weighted by Crippen LogP contribution is 2.39. The molecule has 0 radical (unpaired) electrons. The molecule has 9 nitrogen and oxygen atoms in total. The first kappa shape index (κ1) is 31.7. The van der Waals surface area contributed by atoms with Gasteiger partial charge in [-0.1, -0.05) is 51.6 Å². The number of likely N-dealkylation sites (tertiary alicyclic amines) is 1. The van der Waals surface area contributed by atoms with Crippen LogP contribution in [0.5, 0.6) is 5.75 Å². The van der Waals surface area contributed by atoms with Crippen molar-refractivity contribution in [3.05, 3.63) is 60.7 Å². The van der Waals surface area contributed by atoms with Gasteiger partial charge < -0.3 is 29.5 Å². The molecular formula is C32H42N2O7. The summed E-state index contributed by atoms with van der Waals surface area (Å²) in [5.41, 5.74) is -0.908. The molecule has 1 heterocycles. The maximum atomic E-state index is 14.0. The third-order valence-electron chi connectivity index (χ3n) is 7.45. The summed E-state index contributed by atoms with van der Waals surface area (Å²) in [6.45, 7) is 13.0. The first-order chi connectivity index (χ1) is 19.4. The van der Waals surface area contributed by atoms with Crippen LogP contribution in [0.1, 0.15) is 57.6 Å². The van der Waals surface area contributed by atoms with Crippen LogP contribution in [0.4, 0.5) is 4.79 Å². The zero-order chi connectivity index (χ0) is 30.4. The van der Waals surface area contributed by atoms with E-state index in [9.17, 15) is 19.5 Å². The fraction of sp³-hybridized carbons (Fsp3) is 0.469.